The number of carbonyl (C=O) groups excluding carboxylic acids is 2. The zero-order valence-electron chi connectivity index (χ0n) is 19.2. The van der Waals surface area contributed by atoms with Crippen LogP contribution < -0.4 is 14.4 Å². The van der Waals surface area contributed by atoms with E-state index in [1.165, 1.54) is 24.1 Å². The summed E-state index contributed by atoms with van der Waals surface area (Å²) in [6.07, 6.45) is 0.851. The summed E-state index contributed by atoms with van der Waals surface area (Å²) in [6.45, 7) is 2.55. The second kappa shape index (κ2) is 10.1. The Morgan fingerprint density at radius 1 is 1.06 bits per heavy atom. The van der Waals surface area contributed by atoms with E-state index in [2.05, 4.69) is 0 Å². The van der Waals surface area contributed by atoms with E-state index >= 15 is 0 Å². The summed E-state index contributed by atoms with van der Waals surface area (Å²) in [5.74, 6) is -1.54. The Labute approximate surface area is 207 Å². The number of phenols is 1. The van der Waals surface area contributed by atoms with Crippen LogP contribution in [0.3, 0.4) is 0 Å². The van der Waals surface area contributed by atoms with Crippen LogP contribution in [0.25, 0.3) is 5.76 Å². The molecule has 0 radical (unpaired) electrons. The lowest BCUT2D eigenvalue weighted by molar-refractivity contribution is -0.132. The molecule has 0 saturated carbocycles. The molecule has 1 aliphatic rings. The molecular formula is C27H24ClNO6. The van der Waals surface area contributed by atoms with Crippen LogP contribution in [0.5, 0.6) is 17.2 Å². The summed E-state index contributed by atoms with van der Waals surface area (Å²) in [6, 6.07) is 17.2. The van der Waals surface area contributed by atoms with E-state index in [0.717, 1.165) is 6.42 Å². The molecule has 35 heavy (non-hydrogen) atoms. The molecule has 4 rings (SSSR count). The fourth-order valence-electron chi connectivity index (χ4n) is 3.99. The topological polar surface area (TPSA) is 96.3 Å². The molecule has 0 aromatic heterocycles. The minimum atomic E-state index is -1.01. The average molecular weight is 494 g/mol. The number of aromatic hydroxyl groups is 1. The van der Waals surface area contributed by atoms with Gasteiger partial charge in [0.25, 0.3) is 11.7 Å². The van der Waals surface area contributed by atoms with E-state index in [0.29, 0.717) is 29.2 Å². The number of amides is 1. The van der Waals surface area contributed by atoms with E-state index in [4.69, 9.17) is 21.1 Å². The fraction of sp³-hybridized carbons (Fsp3) is 0.185. The minimum absolute atomic E-state index is 0.0181. The summed E-state index contributed by atoms with van der Waals surface area (Å²) in [5, 5.41) is 21.4. The van der Waals surface area contributed by atoms with Gasteiger partial charge in [-0.1, -0.05) is 36.7 Å². The first-order valence-electron chi connectivity index (χ1n) is 11.0. The van der Waals surface area contributed by atoms with Crippen LogP contribution in [-0.2, 0) is 9.59 Å². The lowest BCUT2D eigenvalue weighted by atomic mass is 9.94. The predicted octanol–water partition coefficient (Wildman–Crippen LogP) is 5.47. The molecule has 0 spiro atoms. The summed E-state index contributed by atoms with van der Waals surface area (Å²) < 4.78 is 10.8. The molecule has 8 heteroatoms. The number of anilines is 1. The standard InChI is InChI=1S/C27H24ClNO6/c1-3-13-35-19-11-9-16(10-12-19)24(30)22-23(17-14-20(28)25(31)21(15-17)34-2)29(27(33)26(22)32)18-7-5-4-6-8-18/h4-12,14-15,23,30-31H,3,13H2,1-2H3/b24-22+. The van der Waals surface area contributed by atoms with Gasteiger partial charge in [0.1, 0.15) is 11.5 Å². The smallest absolute Gasteiger partial charge is 0.300 e. The van der Waals surface area contributed by atoms with Crippen LogP contribution in [0, 0.1) is 0 Å². The number of aliphatic hydroxyl groups is 1. The van der Waals surface area contributed by atoms with E-state index in [9.17, 15) is 19.8 Å². The Hall–Kier alpha value is -3.97. The number of carbonyl (C=O) groups is 2. The van der Waals surface area contributed by atoms with Gasteiger partial charge in [-0.25, -0.2) is 0 Å². The maximum Gasteiger partial charge on any atom is 0.300 e. The first-order valence-corrected chi connectivity index (χ1v) is 11.4. The van der Waals surface area contributed by atoms with Crippen molar-refractivity contribution >= 4 is 34.7 Å². The van der Waals surface area contributed by atoms with Gasteiger partial charge < -0.3 is 19.7 Å². The Morgan fingerprint density at radius 3 is 2.37 bits per heavy atom. The molecule has 0 aliphatic carbocycles. The van der Waals surface area contributed by atoms with Crippen molar-refractivity contribution in [2.75, 3.05) is 18.6 Å². The van der Waals surface area contributed by atoms with Crippen molar-refractivity contribution in [2.24, 2.45) is 0 Å². The Kier molecular flexibility index (Phi) is 6.98. The zero-order chi connectivity index (χ0) is 25.1. The number of halogens is 1. The molecule has 180 valence electrons. The summed E-state index contributed by atoms with van der Waals surface area (Å²) in [5.41, 5.74) is 1.09. The number of nitrogens with zero attached hydrogens (tertiary/aromatic N) is 1. The third-order valence-corrected chi connectivity index (χ3v) is 5.95. The highest BCUT2D eigenvalue weighted by Crippen LogP contribution is 2.45. The van der Waals surface area contributed by atoms with Gasteiger partial charge in [-0.2, -0.15) is 0 Å². The van der Waals surface area contributed by atoms with Gasteiger partial charge in [0.15, 0.2) is 11.5 Å². The molecule has 2 N–H and O–H groups in total. The van der Waals surface area contributed by atoms with Crippen LogP contribution in [-0.4, -0.2) is 35.6 Å². The number of phenolic OH excluding ortho intramolecular Hbond substituents is 1. The number of methoxy groups -OCH3 is 1. The van der Waals surface area contributed by atoms with Crippen LogP contribution in [0.4, 0.5) is 5.69 Å². The molecule has 1 fully saturated rings. The normalized spacial score (nSPS) is 17.0. The highest BCUT2D eigenvalue weighted by molar-refractivity contribution is 6.51. The maximum absolute atomic E-state index is 13.3. The molecule has 7 nitrogen and oxygen atoms in total. The molecular weight excluding hydrogens is 470 g/mol. The molecule has 3 aromatic rings. The Morgan fingerprint density at radius 2 is 1.74 bits per heavy atom. The van der Waals surface area contributed by atoms with Gasteiger partial charge in [-0.15, -0.1) is 0 Å². The van der Waals surface area contributed by atoms with Gasteiger partial charge >= 0.3 is 0 Å². The van der Waals surface area contributed by atoms with E-state index < -0.39 is 17.7 Å². The van der Waals surface area contributed by atoms with Crippen molar-refractivity contribution in [3.05, 3.63) is 88.5 Å². The molecule has 1 amide bonds. The fourth-order valence-corrected chi connectivity index (χ4v) is 4.21. The van der Waals surface area contributed by atoms with Crippen molar-refractivity contribution in [3.63, 3.8) is 0 Å². The van der Waals surface area contributed by atoms with Crippen LogP contribution >= 0.6 is 11.6 Å². The third kappa shape index (κ3) is 4.55. The lowest BCUT2D eigenvalue weighted by Crippen LogP contribution is -2.29. The largest absolute Gasteiger partial charge is 0.507 e. The highest BCUT2D eigenvalue weighted by Gasteiger charge is 2.47. The SMILES string of the molecule is CCCOc1ccc(/C(O)=C2\C(=O)C(=O)N(c3ccccc3)C2c2cc(Cl)c(O)c(OC)c2)cc1. The van der Waals surface area contributed by atoms with Crippen molar-refractivity contribution in [1.82, 2.24) is 0 Å². The number of rotatable bonds is 7. The molecule has 0 bridgehead atoms. The molecule has 1 atom stereocenters. The van der Waals surface area contributed by atoms with Gasteiger partial charge in [0.2, 0.25) is 0 Å². The average Bonchev–Trinajstić information content (AvgIpc) is 3.15. The van der Waals surface area contributed by atoms with Crippen molar-refractivity contribution in [1.29, 1.82) is 0 Å². The highest BCUT2D eigenvalue weighted by atomic mass is 35.5. The van der Waals surface area contributed by atoms with Crippen molar-refractivity contribution in [3.8, 4) is 17.2 Å². The maximum atomic E-state index is 13.3. The van der Waals surface area contributed by atoms with Crippen molar-refractivity contribution < 1.29 is 29.3 Å². The van der Waals surface area contributed by atoms with E-state index in [1.807, 2.05) is 6.92 Å². The third-order valence-electron chi connectivity index (χ3n) is 5.67. The van der Waals surface area contributed by atoms with Gasteiger partial charge in [-0.05, 0) is 60.5 Å². The van der Waals surface area contributed by atoms with Crippen LogP contribution in [0.1, 0.15) is 30.5 Å². The lowest BCUT2D eigenvalue weighted by Gasteiger charge is -2.26. The number of benzene rings is 3. The van der Waals surface area contributed by atoms with Crippen molar-refractivity contribution in [2.45, 2.75) is 19.4 Å². The molecule has 1 heterocycles. The number of para-hydroxylation sites is 1. The van der Waals surface area contributed by atoms with Gasteiger partial charge in [0.05, 0.1) is 30.4 Å². The molecule has 1 unspecified atom stereocenters. The zero-order valence-corrected chi connectivity index (χ0v) is 20.0. The summed E-state index contributed by atoms with van der Waals surface area (Å²) in [7, 11) is 1.37. The second-order valence-electron chi connectivity index (χ2n) is 7.93. The first kappa shape index (κ1) is 24.2. The Balaban J connectivity index is 1.90. The molecule has 3 aromatic carbocycles. The number of ketones is 1. The van der Waals surface area contributed by atoms with Gasteiger partial charge in [-0.3, -0.25) is 14.5 Å². The first-order chi connectivity index (χ1) is 16.9. The molecule has 1 aliphatic heterocycles. The van der Waals surface area contributed by atoms with Crippen LogP contribution in [0.2, 0.25) is 5.02 Å². The summed E-state index contributed by atoms with van der Waals surface area (Å²) in [4.78, 5) is 27.8. The van der Waals surface area contributed by atoms with E-state index in [-0.39, 0.29) is 27.9 Å². The Bertz CT molecular complexity index is 1290. The second-order valence-corrected chi connectivity index (χ2v) is 8.34. The minimum Gasteiger partial charge on any atom is -0.507 e. The monoisotopic (exact) mass is 493 g/mol. The summed E-state index contributed by atoms with van der Waals surface area (Å²) >= 11 is 6.24. The van der Waals surface area contributed by atoms with Crippen LogP contribution in [0.15, 0.2) is 72.3 Å². The number of aliphatic hydroxyl groups excluding tert-OH is 1. The number of hydrogen-bond acceptors (Lipinski definition) is 6. The number of ether oxygens (including phenoxy) is 2. The predicted molar refractivity (Wildman–Crippen MR) is 133 cm³/mol. The molecule has 1 saturated heterocycles. The number of Topliss-reactive ketones (excluding diaryl/α,β-unsaturated/α-hetero) is 1. The number of hydrogen-bond donors (Lipinski definition) is 2. The quantitative estimate of drug-likeness (QED) is 0.257. The van der Waals surface area contributed by atoms with E-state index in [1.54, 1.807) is 54.6 Å². The van der Waals surface area contributed by atoms with Gasteiger partial charge in [0, 0.05) is 11.3 Å².